The van der Waals surface area contributed by atoms with Gasteiger partial charge in [0.05, 0.1) is 7.11 Å². The molecule has 0 aromatic heterocycles. The van der Waals surface area contributed by atoms with Gasteiger partial charge in [-0.15, -0.1) is 0 Å². The largest absolute Gasteiger partial charge is 0.468 e. The quantitative estimate of drug-likeness (QED) is 0.627. The number of carbonyl (C=O) groups is 2. The fourth-order valence-electron chi connectivity index (χ4n) is 1.62. The van der Waals surface area contributed by atoms with Gasteiger partial charge in [0.25, 0.3) is 0 Å². The van der Waals surface area contributed by atoms with E-state index in [1.165, 1.54) is 7.11 Å². The van der Waals surface area contributed by atoms with E-state index < -0.39 is 0 Å². The Kier molecular flexibility index (Phi) is 3.49. The van der Waals surface area contributed by atoms with Gasteiger partial charge in [-0.1, -0.05) is 13.8 Å². The number of hydrogen-bond donors (Lipinski definition) is 0. The average molecular weight is 199 g/mol. The predicted octanol–water partition coefficient (Wildman–Crippen LogP) is 0.664. The predicted molar refractivity (Wildman–Crippen MR) is 51.5 cm³/mol. The Labute approximate surface area is 84.2 Å². The maximum Gasteiger partial charge on any atom is 0.325 e. The molecule has 1 fully saturated rings. The van der Waals surface area contributed by atoms with Crippen LogP contribution in [0.25, 0.3) is 0 Å². The zero-order valence-corrected chi connectivity index (χ0v) is 8.95. The second-order valence-corrected chi connectivity index (χ2v) is 4.06. The van der Waals surface area contributed by atoms with E-state index in [2.05, 4.69) is 18.6 Å². The second kappa shape index (κ2) is 4.44. The van der Waals surface area contributed by atoms with Gasteiger partial charge >= 0.3 is 5.97 Å². The molecule has 80 valence electrons. The molecule has 4 heteroatoms. The highest BCUT2D eigenvalue weighted by atomic mass is 16.5. The molecule has 1 rings (SSSR count). The summed E-state index contributed by atoms with van der Waals surface area (Å²) in [6.07, 6.45) is 0.564. The third kappa shape index (κ3) is 2.47. The lowest BCUT2D eigenvalue weighted by Crippen LogP contribution is -2.32. The van der Waals surface area contributed by atoms with Crippen LogP contribution in [-0.4, -0.2) is 37.0 Å². The number of likely N-dealkylation sites (tertiary alicyclic amines) is 1. The number of hydrogen-bond acceptors (Lipinski definition) is 3. The van der Waals surface area contributed by atoms with Crippen LogP contribution in [0.2, 0.25) is 0 Å². The summed E-state index contributed by atoms with van der Waals surface area (Å²) in [6.45, 7) is 4.98. The molecule has 1 aliphatic rings. The number of rotatable bonds is 3. The molecule has 14 heavy (non-hydrogen) atoms. The molecule has 0 bridgehead atoms. The maximum atomic E-state index is 11.5. The van der Waals surface area contributed by atoms with Gasteiger partial charge in [-0.3, -0.25) is 9.59 Å². The van der Waals surface area contributed by atoms with Crippen LogP contribution >= 0.6 is 0 Å². The van der Waals surface area contributed by atoms with Crippen molar-refractivity contribution in [1.29, 1.82) is 0 Å². The number of nitrogens with zero attached hydrogens (tertiary/aromatic N) is 1. The van der Waals surface area contributed by atoms with Crippen LogP contribution in [0.5, 0.6) is 0 Å². The van der Waals surface area contributed by atoms with Crippen molar-refractivity contribution >= 4 is 11.9 Å². The Hall–Kier alpha value is -1.06. The van der Waals surface area contributed by atoms with Crippen molar-refractivity contribution < 1.29 is 14.3 Å². The Bertz CT molecular complexity index is 238. The monoisotopic (exact) mass is 199 g/mol. The maximum absolute atomic E-state index is 11.5. The van der Waals surface area contributed by atoms with Crippen LogP contribution in [-0.2, 0) is 14.3 Å². The summed E-state index contributed by atoms with van der Waals surface area (Å²) in [4.78, 5) is 24.0. The van der Waals surface area contributed by atoms with Crippen LogP contribution in [0.15, 0.2) is 0 Å². The number of amides is 1. The molecular formula is C10H17NO3. The Morgan fingerprint density at radius 2 is 2.29 bits per heavy atom. The van der Waals surface area contributed by atoms with Crippen molar-refractivity contribution in [3.05, 3.63) is 0 Å². The zero-order chi connectivity index (χ0) is 10.7. The van der Waals surface area contributed by atoms with Gasteiger partial charge < -0.3 is 9.64 Å². The molecule has 1 unspecified atom stereocenters. The fourth-order valence-corrected chi connectivity index (χ4v) is 1.62. The van der Waals surface area contributed by atoms with E-state index in [4.69, 9.17) is 0 Å². The lowest BCUT2D eigenvalue weighted by Gasteiger charge is -2.16. The fraction of sp³-hybridized carbons (Fsp3) is 0.800. The summed E-state index contributed by atoms with van der Waals surface area (Å²) < 4.78 is 4.52. The number of carbonyl (C=O) groups excluding carboxylic acids is 2. The summed E-state index contributed by atoms with van der Waals surface area (Å²) in [5, 5.41) is 0. The highest BCUT2D eigenvalue weighted by Crippen LogP contribution is 2.24. The highest BCUT2D eigenvalue weighted by Gasteiger charge is 2.32. The summed E-state index contributed by atoms with van der Waals surface area (Å²) >= 11 is 0. The van der Waals surface area contributed by atoms with Gasteiger partial charge in [0.15, 0.2) is 0 Å². The topological polar surface area (TPSA) is 46.6 Å². The van der Waals surface area contributed by atoms with E-state index in [0.717, 1.165) is 0 Å². The van der Waals surface area contributed by atoms with E-state index >= 15 is 0 Å². The lowest BCUT2D eigenvalue weighted by atomic mass is 9.95. The van der Waals surface area contributed by atoms with E-state index in [1.54, 1.807) is 4.90 Å². The van der Waals surface area contributed by atoms with E-state index in [1.807, 2.05) is 0 Å². The van der Waals surface area contributed by atoms with Gasteiger partial charge in [0.1, 0.15) is 6.54 Å². The van der Waals surface area contributed by atoms with Gasteiger partial charge in [-0.25, -0.2) is 0 Å². The molecule has 1 saturated heterocycles. The third-order valence-electron chi connectivity index (χ3n) is 2.73. The third-order valence-corrected chi connectivity index (χ3v) is 2.73. The SMILES string of the molecule is COC(=O)CN1CC(C(C)C)CC1=O. The van der Waals surface area contributed by atoms with Gasteiger partial charge in [-0.05, 0) is 11.8 Å². The van der Waals surface area contributed by atoms with Crippen molar-refractivity contribution in [2.45, 2.75) is 20.3 Å². The molecular weight excluding hydrogens is 182 g/mol. The lowest BCUT2D eigenvalue weighted by molar-refractivity contribution is -0.145. The minimum absolute atomic E-state index is 0.0640. The van der Waals surface area contributed by atoms with E-state index in [9.17, 15) is 9.59 Å². The van der Waals surface area contributed by atoms with E-state index in [0.29, 0.717) is 24.8 Å². The summed E-state index contributed by atoms with van der Waals surface area (Å²) in [5.74, 6) is 0.589. The highest BCUT2D eigenvalue weighted by molar-refractivity contribution is 5.83. The minimum atomic E-state index is -0.345. The molecule has 0 aromatic rings. The molecule has 0 radical (unpaired) electrons. The molecule has 0 aliphatic carbocycles. The number of methoxy groups -OCH3 is 1. The van der Waals surface area contributed by atoms with Crippen molar-refractivity contribution in [2.24, 2.45) is 11.8 Å². The summed E-state index contributed by atoms with van der Waals surface area (Å²) in [6, 6.07) is 0. The van der Waals surface area contributed by atoms with Crippen molar-refractivity contribution in [2.75, 3.05) is 20.2 Å². The first-order valence-corrected chi connectivity index (χ1v) is 4.89. The molecule has 0 N–H and O–H groups in total. The molecule has 4 nitrogen and oxygen atoms in total. The zero-order valence-electron chi connectivity index (χ0n) is 8.95. The molecule has 0 spiro atoms. The first-order valence-electron chi connectivity index (χ1n) is 4.89. The van der Waals surface area contributed by atoms with Gasteiger partial charge in [0, 0.05) is 13.0 Å². The molecule has 0 saturated carbocycles. The van der Waals surface area contributed by atoms with Crippen molar-refractivity contribution in [3.8, 4) is 0 Å². The standard InChI is InChI=1S/C10H17NO3/c1-7(2)8-4-9(12)11(5-8)6-10(13)14-3/h7-8H,4-6H2,1-3H3. The average Bonchev–Trinajstić information content (AvgIpc) is 2.48. The number of ether oxygens (including phenoxy) is 1. The van der Waals surface area contributed by atoms with Crippen LogP contribution in [0, 0.1) is 11.8 Å². The van der Waals surface area contributed by atoms with Crippen molar-refractivity contribution in [3.63, 3.8) is 0 Å². The number of esters is 1. The van der Waals surface area contributed by atoms with Crippen LogP contribution in [0.4, 0.5) is 0 Å². The first kappa shape index (κ1) is 11.0. The second-order valence-electron chi connectivity index (χ2n) is 4.06. The Morgan fingerprint density at radius 3 is 2.71 bits per heavy atom. The summed E-state index contributed by atoms with van der Waals surface area (Å²) in [7, 11) is 1.34. The first-order chi connectivity index (χ1) is 6.54. The molecule has 1 amide bonds. The Balaban J connectivity index is 2.49. The smallest absolute Gasteiger partial charge is 0.325 e. The summed E-state index contributed by atoms with van der Waals surface area (Å²) in [5.41, 5.74) is 0. The van der Waals surface area contributed by atoms with Crippen LogP contribution in [0.1, 0.15) is 20.3 Å². The molecule has 1 atom stereocenters. The van der Waals surface area contributed by atoms with Crippen LogP contribution in [0.3, 0.4) is 0 Å². The normalized spacial score (nSPS) is 21.9. The molecule has 0 aromatic carbocycles. The van der Waals surface area contributed by atoms with E-state index in [-0.39, 0.29) is 18.4 Å². The Morgan fingerprint density at radius 1 is 1.64 bits per heavy atom. The van der Waals surface area contributed by atoms with Gasteiger partial charge in [-0.2, -0.15) is 0 Å². The molecule has 1 aliphatic heterocycles. The minimum Gasteiger partial charge on any atom is -0.468 e. The molecule has 1 heterocycles. The van der Waals surface area contributed by atoms with Crippen molar-refractivity contribution in [1.82, 2.24) is 4.90 Å². The van der Waals surface area contributed by atoms with Crippen LogP contribution < -0.4 is 0 Å². The van der Waals surface area contributed by atoms with Gasteiger partial charge in [0.2, 0.25) is 5.91 Å².